The molecule has 130 valence electrons. The van der Waals surface area contributed by atoms with Gasteiger partial charge < -0.3 is 14.8 Å². The quantitative estimate of drug-likeness (QED) is 0.887. The first kappa shape index (κ1) is 16.8. The van der Waals surface area contributed by atoms with Crippen LogP contribution in [0.5, 0.6) is 0 Å². The third kappa shape index (κ3) is 3.70. The van der Waals surface area contributed by atoms with E-state index in [-0.39, 0.29) is 24.6 Å². The first-order valence-electron chi connectivity index (χ1n) is 7.86. The molecule has 2 aliphatic heterocycles. The largest absolute Gasteiger partial charge is 0.391 e. The molecule has 1 amide bonds. The van der Waals surface area contributed by atoms with Gasteiger partial charge in [0.2, 0.25) is 5.91 Å². The van der Waals surface area contributed by atoms with Crippen LogP contribution in [0, 0.1) is 11.6 Å². The van der Waals surface area contributed by atoms with Gasteiger partial charge in [0.15, 0.2) is 0 Å². The predicted octanol–water partition coefficient (Wildman–Crippen LogP) is 0.942. The highest BCUT2D eigenvalue weighted by molar-refractivity contribution is 6.01. The average Bonchev–Trinajstić information content (AvgIpc) is 3.03. The van der Waals surface area contributed by atoms with E-state index in [1.165, 1.54) is 12.1 Å². The van der Waals surface area contributed by atoms with E-state index in [1.54, 1.807) is 4.90 Å². The van der Waals surface area contributed by atoms with Gasteiger partial charge in [0.05, 0.1) is 18.9 Å². The number of hydrogen-bond acceptors (Lipinski definition) is 5. The van der Waals surface area contributed by atoms with Gasteiger partial charge in [-0.3, -0.25) is 9.69 Å². The lowest BCUT2D eigenvalue weighted by Crippen LogP contribution is -2.49. The number of oxime groups is 1. The molecule has 1 saturated heterocycles. The van der Waals surface area contributed by atoms with Crippen LogP contribution >= 0.6 is 0 Å². The number of aliphatic hydroxyl groups excluding tert-OH is 1. The van der Waals surface area contributed by atoms with Gasteiger partial charge in [0, 0.05) is 44.2 Å². The molecule has 1 aromatic rings. The Morgan fingerprint density at radius 1 is 1.29 bits per heavy atom. The first-order chi connectivity index (χ1) is 11.6. The number of rotatable bonds is 4. The maximum absolute atomic E-state index is 13.8. The van der Waals surface area contributed by atoms with Crippen molar-refractivity contribution in [3.8, 4) is 0 Å². The normalized spacial score (nSPS) is 21.5. The van der Waals surface area contributed by atoms with Gasteiger partial charge in [-0.1, -0.05) is 5.16 Å². The number of benzene rings is 1. The van der Waals surface area contributed by atoms with Crippen LogP contribution in [0.2, 0.25) is 0 Å². The van der Waals surface area contributed by atoms with Crippen molar-refractivity contribution in [2.45, 2.75) is 18.9 Å². The van der Waals surface area contributed by atoms with Crippen LogP contribution in [-0.4, -0.2) is 65.5 Å². The van der Waals surface area contributed by atoms with Crippen molar-refractivity contribution in [1.82, 2.24) is 9.80 Å². The van der Waals surface area contributed by atoms with Crippen LogP contribution in [0.3, 0.4) is 0 Å². The van der Waals surface area contributed by atoms with E-state index in [0.29, 0.717) is 38.3 Å². The molecule has 3 rings (SSSR count). The van der Waals surface area contributed by atoms with E-state index in [1.807, 2.05) is 4.90 Å². The summed E-state index contributed by atoms with van der Waals surface area (Å²) in [6, 6.07) is 3.29. The number of aliphatic hydroxyl groups is 1. The maximum atomic E-state index is 13.8. The fourth-order valence-corrected chi connectivity index (χ4v) is 2.88. The third-order valence-electron chi connectivity index (χ3n) is 4.30. The van der Waals surface area contributed by atoms with E-state index in [4.69, 9.17) is 9.94 Å². The minimum absolute atomic E-state index is 0.00575. The number of carbonyl (C=O) groups is 1. The molecule has 0 radical (unpaired) electrons. The van der Waals surface area contributed by atoms with Gasteiger partial charge in [-0.25, -0.2) is 8.78 Å². The Kier molecular flexibility index (Phi) is 5.06. The van der Waals surface area contributed by atoms with Crippen molar-refractivity contribution in [2.24, 2.45) is 5.16 Å². The smallest absolute Gasteiger partial charge is 0.226 e. The summed E-state index contributed by atoms with van der Waals surface area (Å²) >= 11 is 0. The van der Waals surface area contributed by atoms with Gasteiger partial charge in [0.1, 0.15) is 17.7 Å². The van der Waals surface area contributed by atoms with Gasteiger partial charge >= 0.3 is 0 Å². The Balaban J connectivity index is 1.53. The van der Waals surface area contributed by atoms with E-state index >= 15 is 0 Å². The van der Waals surface area contributed by atoms with Crippen molar-refractivity contribution in [3.05, 3.63) is 35.4 Å². The lowest BCUT2D eigenvalue weighted by atomic mass is 10.0. The zero-order valence-corrected chi connectivity index (χ0v) is 13.1. The van der Waals surface area contributed by atoms with Gasteiger partial charge in [0.25, 0.3) is 0 Å². The molecule has 0 aliphatic carbocycles. The molecule has 6 nitrogen and oxygen atoms in total. The zero-order chi connectivity index (χ0) is 17.1. The van der Waals surface area contributed by atoms with E-state index in [9.17, 15) is 13.6 Å². The molecule has 1 atom stereocenters. The van der Waals surface area contributed by atoms with Crippen LogP contribution < -0.4 is 0 Å². The van der Waals surface area contributed by atoms with Crippen molar-refractivity contribution in [1.29, 1.82) is 0 Å². The standard InChI is InChI=1S/C16H19F2N3O3/c17-11-1-2-13(14(18)7-11)15-8-12(24-19-15)9-16(23)21-5-3-20(10-22)4-6-21/h1-2,7,12,22H,3-6,8-10H2. The van der Waals surface area contributed by atoms with Crippen LogP contribution in [0.1, 0.15) is 18.4 Å². The summed E-state index contributed by atoms with van der Waals surface area (Å²) in [5.74, 6) is -1.39. The molecular formula is C16H19F2N3O3. The lowest BCUT2D eigenvalue weighted by Gasteiger charge is -2.33. The van der Waals surface area contributed by atoms with Crippen LogP contribution in [0.4, 0.5) is 8.78 Å². The molecule has 0 aromatic heterocycles. The minimum Gasteiger partial charge on any atom is -0.391 e. The molecule has 1 N–H and O–H groups in total. The van der Waals surface area contributed by atoms with E-state index in [0.717, 1.165) is 6.07 Å². The minimum atomic E-state index is -0.690. The highest BCUT2D eigenvalue weighted by Crippen LogP contribution is 2.22. The Labute approximate surface area is 138 Å². The summed E-state index contributed by atoms with van der Waals surface area (Å²) in [5, 5.41) is 12.9. The monoisotopic (exact) mass is 339 g/mol. The average molecular weight is 339 g/mol. The van der Waals surface area contributed by atoms with Crippen LogP contribution in [-0.2, 0) is 9.63 Å². The summed E-state index contributed by atoms with van der Waals surface area (Å²) < 4.78 is 26.7. The molecule has 8 heteroatoms. The molecule has 1 fully saturated rings. The first-order valence-corrected chi connectivity index (χ1v) is 7.86. The highest BCUT2D eigenvalue weighted by Gasteiger charge is 2.29. The number of carbonyl (C=O) groups excluding carboxylic acids is 1. The predicted molar refractivity (Wildman–Crippen MR) is 82.2 cm³/mol. The van der Waals surface area contributed by atoms with E-state index < -0.39 is 17.7 Å². The summed E-state index contributed by atoms with van der Waals surface area (Å²) in [6.45, 7) is 2.39. The van der Waals surface area contributed by atoms with Crippen LogP contribution in [0.25, 0.3) is 0 Å². The Morgan fingerprint density at radius 2 is 2.04 bits per heavy atom. The molecule has 2 aliphatic rings. The summed E-state index contributed by atoms with van der Waals surface area (Å²) in [7, 11) is 0. The topological polar surface area (TPSA) is 65.4 Å². The molecular weight excluding hydrogens is 320 g/mol. The molecule has 1 unspecified atom stereocenters. The molecule has 0 saturated carbocycles. The SMILES string of the molecule is O=C(CC1CC(c2ccc(F)cc2F)=NO1)N1CCN(CO)CC1. The molecule has 2 heterocycles. The van der Waals surface area contributed by atoms with Crippen molar-refractivity contribution in [3.63, 3.8) is 0 Å². The molecule has 24 heavy (non-hydrogen) atoms. The second-order valence-corrected chi connectivity index (χ2v) is 5.94. The highest BCUT2D eigenvalue weighted by atomic mass is 19.1. The number of nitrogens with zero attached hydrogens (tertiary/aromatic N) is 3. The molecule has 0 spiro atoms. The number of hydrogen-bond donors (Lipinski definition) is 1. The number of halogens is 2. The van der Waals surface area contributed by atoms with Crippen molar-refractivity contribution >= 4 is 11.6 Å². The zero-order valence-electron chi connectivity index (χ0n) is 13.1. The van der Waals surface area contributed by atoms with Gasteiger partial charge in [-0.05, 0) is 12.1 Å². The van der Waals surface area contributed by atoms with E-state index in [2.05, 4.69) is 5.16 Å². The fraction of sp³-hybridized carbons (Fsp3) is 0.500. The Hall–Kier alpha value is -2.06. The Bertz CT molecular complexity index is 645. The van der Waals surface area contributed by atoms with Crippen molar-refractivity contribution in [2.75, 3.05) is 32.9 Å². The second-order valence-electron chi connectivity index (χ2n) is 5.94. The summed E-state index contributed by atoms with van der Waals surface area (Å²) in [5.41, 5.74) is 0.582. The van der Waals surface area contributed by atoms with Crippen molar-refractivity contribution < 1.29 is 23.5 Å². The Morgan fingerprint density at radius 3 is 2.71 bits per heavy atom. The van der Waals surface area contributed by atoms with Gasteiger partial charge in [-0.2, -0.15) is 0 Å². The number of piperazine rings is 1. The molecule has 0 bridgehead atoms. The summed E-state index contributed by atoms with van der Waals surface area (Å²) in [4.78, 5) is 21.1. The third-order valence-corrected chi connectivity index (χ3v) is 4.30. The summed E-state index contributed by atoms with van der Waals surface area (Å²) in [6.07, 6.45) is 0.0349. The van der Waals surface area contributed by atoms with Gasteiger partial charge in [-0.15, -0.1) is 0 Å². The second kappa shape index (κ2) is 7.23. The molecule has 1 aromatic carbocycles. The van der Waals surface area contributed by atoms with Crippen LogP contribution in [0.15, 0.2) is 23.4 Å². The lowest BCUT2D eigenvalue weighted by molar-refractivity contribution is -0.136. The number of amides is 1. The maximum Gasteiger partial charge on any atom is 0.226 e. The fourth-order valence-electron chi connectivity index (χ4n) is 2.88.